The standard InChI is InChI=1S/C16H23NO2/c1-4-6-8-13(5-2)16(19)17-15-10-7-9-14(11-15)12(3)18/h7,9-11,13H,4-6,8H2,1-3H3,(H,17,19)/t13-/m1/s1. The fraction of sp³-hybridized carbons (Fsp3) is 0.500. The Bertz CT molecular complexity index is 440. The zero-order valence-electron chi connectivity index (χ0n) is 12.0. The van der Waals surface area contributed by atoms with Crippen LogP contribution in [0.15, 0.2) is 24.3 Å². The van der Waals surface area contributed by atoms with E-state index in [4.69, 9.17) is 0 Å². The molecule has 0 saturated carbocycles. The number of anilines is 1. The molecule has 0 unspecified atom stereocenters. The van der Waals surface area contributed by atoms with Crippen LogP contribution in [0.2, 0.25) is 0 Å². The molecule has 3 heteroatoms. The molecule has 0 radical (unpaired) electrons. The summed E-state index contributed by atoms with van der Waals surface area (Å²) in [5, 5.41) is 2.91. The molecule has 0 aliphatic heterocycles. The van der Waals surface area contributed by atoms with E-state index in [1.165, 1.54) is 6.92 Å². The van der Waals surface area contributed by atoms with Gasteiger partial charge in [-0.3, -0.25) is 9.59 Å². The summed E-state index contributed by atoms with van der Waals surface area (Å²) in [6, 6.07) is 7.09. The van der Waals surface area contributed by atoms with Gasteiger partial charge in [-0.1, -0.05) is 38.8 Å². The summed E-state index contributed by atoms with van der Waals surface area (Å²) < 4.78 is 0. The molecule has 0 saturated heterocycles. The fourth-order valence-corrected chi connectivity index (χ4v) is 2.03. The van der Waals surface area contributed by atoms with Gasteiger partial charge in [0.05, 0.1) is 0 Å². The highest BCUT2D eigenvalue weighted by atomic mass is 16.2. The lowest BCUT2D eigenvalue weighted by atomic mass is 9.98. The molecule has 0 aromatic heterocycles. The van der Waals surface area contributed by atoms with Crippen molar-refractivity contribution in [2.45, 2.75) is 46.5 Å². The molecule has 3 nitrogen and oxygen atoms in total. The second-order valence-electron chi connectivity index (χ2n) is 4.87. The second-order valence-corrected chi connectivity index (χ2v) is 4.87. The Morgan fingerprint density at radius 3 is 2.58 bits per heavy atom. The van der Waals surface area contributed by atoms with Gasteiger partial charge in [0, 0.05) is 17.2 Å². The summed E-state index contributed by atoms with van der Waals surface area (Å²) in [5.74, 6) is 0.117. The molecule has 1 N–H and O–H groups in total. The Labute approximate surface area is 115 Å². The van der Waals surface area contributed by atoms with Crippen LogP contribution in [0.5, 0.6) is 0 Å². The van der Waals surface area contributed by atoms with Gasteiger partial charge in [0.15, 0.2) is 5.78 Å². The first kappa shape index (κ1) is 15.4. The van der Waals surface area contributed by atoms with E-state index in [2.05, 4.69) is 12.2 Å². The van der Waals surface area contributed by atoms with Crippen LogP contribution in [0.3, 0.4) is 0 Å². The number of nitrogens with one attached hydrogen (secondary N) is 1. The summed E-state index contributed by atoms with van der Waals surface area (Å²) in [5.41, 5.74) is 1.33. The number of rotatable bonds is 7. The van der Waals surface area contributed by atoms with E-state index in [1.54, 1.807) is 18.2 Å². The van der Waals surface area contributed by atoms with Crippen molar-refractivity contribution in [3.8, 4) is 0 Å². The summed E-state index contributed by atoms with van der Waals surface area (Å²) in [6.45, 7) is 5.68. The number of benzene rings is 1. The molecule has 1 rings (SSSR count). The minimum absolute atomic E-state index is 0.00845. The maximum atomic E-state index is 12.1. The lowest BCUT2D eigenvalue weighted by molar-refractivity contribution is -0.120. The predicted molar refractivity (Wildman–Crippen MR) is 78.4 cm³/mol. The van der Waals surface area contributed by atoms with E-state index >= 15 is 0 Å². The monoisotopic (exact) mass is 261 g/mol. The minimum atomic E-state index is 0.00845. The van der Waals surface area contributed by atoms with E-state index in [1.807, 2.05) is 13.0 Å². The lowest BCUT2D eigenvalue weighted by Crippen LogP contribution is -2.22. The van der Waals surface area contributed by atoms with Crippen molar-refractivity contribution in [3.63, 3.8) is 0 Å². The van der Waals surface area contributed by atoms with E-state index in [0.717, 1.165) is 25.7 Å². The first-order chi connectivity index (χ1) is 9.08. The number of Topliss-reactive ketones (excluding diaryl/α,β-unsaturated/α-hetero) is 1. The average Bonchev–Trinajstić information content (AvgIpc) is 2.40. The van der Waals surface area contributed by atoms with Gasteiger partial charge in [0.25, 0.3) is 0 Å². The number of amides is 1. The molecule has 1 aromatic rings. The molecule has 19 heavy (non-hydrogen) atoms. The number of carbonyl (C=O) groups is 2. The second kappa shape index (κ2) is 7.72. The molecule has 104 valence electrons. The van der Waals surface area contributed by atoms with Crippen LogP contribution in [0.25, 0.3) is 0 Å². The predicted octanol–water partition coefficient (Wildman–Crippen LogP) is 4.04. The zero-order valence-corrected chi connectivity index (χ0v) is 12.0. The number of hydrogen-bond acceptors (Lipinski definition) is 2. The van der Waals surface area contributed by atoms with Crippen molar-refractivity contribution < 1.29 is 9.59 Å². The number of unbranched alkanes of at least 4 members (excludes halogenated alkanes) is 1. The molecular formula is C16H23NO2. The maximum Gasteiger partial charge on any atom is 0.227 e. The third-order valence-corrected chi connectivity index (χ3v) is 3.31. The van der Waals surface area contributed by atoms with Crippen LogP contribution in [0.1, 0.15) is 56.8 Å². The molecule has 0 heterocycles. The van der Waals surface area contributed by atoms with Crippen molar-refractivity contribution in [3.05, 3.63) is 29.8 Å². The summed E-state index contributed by atoms with van der Waals surface area (Å²) in [4.78, 5) is 23.4. The lowest BCUT2D eigenvalue weighted by Gasteiger charge is -2.14. The van der Waals surface area contributed by atoms with Crippen LogP contribution in [-0.2, 0) is 4.79 Å². The largest absolute Gasteiger partial charge is 0.326 e. The van der Waals surface area contributed by atoms with E-state index in [0.29, 0.717) is 11.3 Å². The van der Waals surface area contributed by atoms with Crippen LogP contribution in [0.4, 0.5) is 5.69 Å². The number of ketones is 1. The van der Waals surface area contributed by atoms with Gasteiger partial charge < -0.3 is 5.32 Å². The van der Waals surface area contributed by atoms with Gasteiger partial charge in [-0.15, -0.1) is 0 Å². The third kappa shape index (κ3) is 4.86. The highest BCUT2D eigenvalue weighted by Gasteiger charge is 2.16. The molecule has 1 amide bonds. The Morgan fingerprint density at radius 2 is 2.00 bits per heavy atom. The minimum Gasteiger partial charge on any atom is -0.326 e. The van der Waals surface area contributed by atoms with E-state index < -0.39 is 0 Å². The molecular weight excluding hydrogens is 238 g/mol. The third-order valence-electron chi connectivity index (χ3n) is 3.31. The van der Waals surface area contributed by atoms with Gasteiger partial charge in [0.2, 0.25) is 5.91 Å². The topological polar surface area (TPSA) is 46.2 Å². The molecule has 0 aliphatic carbocycles. The van der Waals surface area contributed by atoms with Crippen LogP contribution in [-0.4, -0.2) is 11.7 Å². The van der Waals surface area contributed by atoms with Crippen molar-refractivity contribution in [2.24, 2.45) is 5.92 Å². The van der Waals surface area contributed by atoms with E-state index in [-0.39, 0.29) is 17.6 Å². The molecule has 1 aromatic carbocycles. The summed E-state index contributed by atoms with van der Waals surface area (Å²) >= 11 is 0. The smallest absolute Gasteiger partial charge is 0.227 e. The number of carbonyl (C=O) groups excluding carboxylic acids is 2. The fourth-order valence-electron chi connectivity index (χ4n) is 2.03. The Morgan fingerprint density at radius 1 is 1.26 bits per heavy atom. The normalized spacial score (nSPS) is 11.9. The number of hydrogen-bond donors (Lipinski definition) is 1. The maximum absolute atomic E-state index is 12.1. The van der Waals surface area contributed by atoms with Crippen molar-refractivity contribution in [2.75, 3.05) is 5.32 Å². The Balaban J connectivity index is 2.69. The summed E-state index contributed by atoms with van der Waals surface area (Å²) in [7, 11) is 0. The molecule has 0 spiro atoms. The van der Waals surface area contributed by atoms with Gasteiger partial charge in [-0.2, -0.15) is 0 Å². The molecule has 1 atom stereocenters. The van der Waals surface area contributed by atoms with Crippen LogP contribution in [0, 0.1) is 5.92 Å². The van der Waals surface area contributed by atoms with Gasteiger partial charge in [-0.25, -0.2) is 0 Å². The summed E-state index contributed by atoms with van der Waals surface area (Å²) in [6.07, 6.45) is 3.94. The SMILES string of the molecule is CCCC[C@@H](CC)C(=O)Nc1cccc(C(C)=O)c1. The Hall–Kier alpha value is -1.64. The molecule has 0 fully saturated rings. The van der Waals surface area contributed by atoms with Crippen molar-refractivity contribution in [1.29, 1.82) is 0 Å². The first-order valence-corrected chi connectivity index (χ1v) is 7.00. The molecule has 0 aliphatic rings. The quantitative estimate of drug-likeness (QED) is 0.753. The Kier molecular flexibility index (Phi) is 6.26. The van der Waals surface area contributed by atoms with Gasteiger partial charge >= 0.3 is 0 Å². The van der Waals surface area contributed by atoms with Crippen molar-refractivity contribution >= 4 is 17.4 Å². The average molecular weight is 261 g/mol. The highest BCUT2D eigenvalue weighted by Crippen LogP contribution is 2.17. The van der Waals surface area contributed by atoms with Crippen molar-refractivity contribution in [1.82, 2.24) is 0 Å². The molecule has 0 bridgehead atoms. The zero-order chi connectivity index (χ0) is 14.3. The van der Waals surface area contributed by atoms with Gasteiger partial charge in [0.1, 0.15) is 0 Å². The highest BCUT2D eigenvalue weighted by molar-refractivity contribution is 5.97. The van der Waals surface area contributed by atoms with Crippen LogP contribution >= 0.6 is 0 Å². The van der Waals surface area contributed by atoms with Gasteiger partial charge in [-0.05, 0) is 31.9 Å². The first-order valence-electron chi connectivity index (χ1n) is 7.00. The van der Waals surface area contributed by atoms with E-state index in [9.17, 15) is 9.59 Å². The van der Waals surface area contributed by atoms with Crippen LogP contribution < -0.4 is 5.32 Å².